The molecule has 0 radical (unpaired) electrons. The van der Waals surface area contributed by atoms with Crippen LogP contribution in [0.25, 0.3) is 0 Å². The van der Waals surface area contributed by atoms with Crippen LogP contribution in [0, 0.1) is 6.92 Å². The predicted molar refractivity (Wildman–Crippen MR) is 136 cm³/mol. The van der Waals surface area contributed by atoms with Crippen LogP contribution in [-0.2, 0) is 16.0 Å². The number of aliphatic carboxylic acids is 1. The van der Waals surface area contributed by atoms with Crippen molar-refractivity contribution in [2.75, 3.05) is 15.5 Å². The number of amides is 4. The number of carbonyl (C=O) groups is 4. The SMILES string of the molecule is Cc1ccc(NC(=O)N2c3ccc(C(=O)NC(C)C(=O)O)cc3NC(=O)C2Cc2ccccc2)cc1. The first-order valence-electron chi connectivity index (χ1n) is 11.4. The van der Waals surface area contributed by atoms with Crippen molar-refractivity contribution in [2.45, 2.75) is 32.4 Å². The Morgan fingerprint density at radius 2 is 1.72 bits per heavy atom. The molecule has 4 rings (SSSR count). The van der Waals surface area contributed by atoms with Crippen molar-refractivity contribution < 1.29 is 24.3 Å². The van der Waals surface area contributed by atoms with E-state index in [0.717, 1.165) is 11.1 Å². The molecule has 3 aromatic rings. The highest BCUT2D eigenvalue weighted by atomic mass is 16.4. The fourth-order valence-electron chi connectivity index (χ4n) is 3.92. The number of fused-ring (bicyclic) bond motifs is 1. The zero-order valence-electron chi connectivity index (χ0n) is 19.8. The van der Waals surface area contributed by atoms with E-state index in [9.17, 15) is 19.2 Å². The summed E-state index contributed by atoms with van der Waals surface area (Å²) in [5.41, 5.74) is 3.35. The normalized spacial score (nSPS) is 15.3. The topological polar surface area (TPSA) is 128 Å². The molecule has 1 aliphatic heterocycles. The summed E-state index contributed by atoms with van der Waals surface area (Å²) in [4.78, 5) is 51.7. The maximum Gasteiger partial charge on any atom is 0.327 e. The van der Waals surface area contributed by atoms with E-state index < -0.39 is 35.9 Å². The number of carbonyl (C=O) groups excluding carboxylic acids is 3. The van der Waals surface area contributed by atoms with E-state index in [-0.39, 0.29) is 17.7 Å². The summed E-state index contributed by atoms with van der Waals surface area (Å²) in [7, 11) is 0. The lowest BCUT2D eigenvalue weighted by atomic mass is 9.99. The van der Waals surface area contributed by atoms with Crippen molar-refractivity contribution in [1.29, 1.82) is 0 Å². The van der Waals surface area contributed by atoms with Crippen molar-refractivity contribution >= 4 is 40.9 Å². The fourth-order valence-corrected chi connectivity index (χ4v) is 3.92. The Hall–Kier alpha value is -4.66. The van der Waals surface area contributed by atoms with Gasteiger partial charge in [0, 0.05) is 17.7 Å². The number of anilines is 3. The minimum absolute atomic E-state index is 0.155. The summed E-state index contributed by atoms with van der Waals surface area (Å²) in [5, 5.41) is 17.1. The number of benzene rings is 3. The monoisotopic (exact) mass is 486 g/mol. The van der Waals surface area contributed by atoms with E-state index in [2.05, 4.69) is 16.0 Å². The van der Waals surface area contributed by atoms with Crippen molar-refractivity contribution in [2.24, 2.45) is 0 Å². The summed E-state index contributed by atoms with van der Waals surface area (Å²) in [6.07, 6.45) is 0.284. The summed E-state index contributed by atoms with van der Waals surface area (Å²) in [5.74, 6) is -2.18. The van der Waals surface area contributed by atoms with Crippen LogP contribution in [0.4, 0.5) is 21.9 Å². The molecule has 0 aliphatic carbocycles. The van der Waals surface area contributed by atoms with Crippen LogP contribution >= 0.6 is 0 Å². The van der Waals surface area contributed by atoms with Gasteiger partial charge >= 0.3 is 12.0 Å². The standard InChI is InChI=1S/C27H26N4O5/c1-16-8-11-20(12-9-16)29-27(36)31-22-13-10-19(24(32)28-17(2)26(34)35)15-21(22)30-25(33)23(31)14-18-6-4-3-5-7-18/h3-13,15,17,23H,14H2,1-2H3,(H,28,32)(H,29,36)(H,30,33)(H,34,35). The minimum Gasteiger partial charge on any atom is -0.480 e. The summed E-state index contributed by atoms with van der Waals surface area (Å²) < 4.78 is 0. The Bertz CT molecular complexity index is 1310. The van der Waals surface area contributed by atoms with Crippen molar-refractivity contribution in [3.8, 4) is 0 Å². The fraction of sp³-hybridized carbons (Fsp3) is 0.185. The molecule has 0 spiro atoms. The highest BCUT2D eigenvalue weighted by Crippen LogP contribution is 2.35. The number of nitrogens with zero attached hydrogens (tertiary/aromatic N) is 1. The average molecular weight is 487 g/mol. The van der Waals surface area contributed by atoms with E-state index in [1.165, 1.54) is 24.0 Å². The summed E-state index contributed by atoms with van der Waals surface area (Å²) >= 11 is 0. The van der Waals surface area contributed by atoms with Gasteiger partial charge in [0.15, 0.2) is 0 Å². The number of carboxylic acids is 1. The van der Waals surface area contributed by atoms with Crippen LogP contribution in [0.5, 0.6) is 0 Å². The molecule has 4 N–H and O–H groups in total. The third kappa shape index (κ3) is 5.35. The Kier molecular flexibility index (Phi) is 7.00. The Labute approximate surface area is 208 Å². The van der Waals surface area contributed by atoms with Crippen LogP contribution in [0.1, 0.15) is 28.4 Å². The van der Waals surface area contributed by atoms with Crippen LogP contribution < -0.4 is 20.9 Å². The lowest BCUT2D eigenvalue weighted by Crippen LogP contribution is -2.53. The molecule has 9 nitrogen and oxygen atoms in total. The minimum atomic E-state index is -1.17. The van der Waals surface area contributed by atoms with Gasteiger partial charge in [-0.25, -0.2) is 4.79 Å². The van der Waals surface area contributed by atoms with Crippen LogP contribution in [0.3, 0.4) is 0 Å². The number of carboxylic acid groups (broad SMARTS) is 1. The Morgan fingerprint density at radius 1 is 1.03 bits per heavy atom. The first kappa shape index (κ1) is 24.5. The molecular formula is C27H26N4O5. The molecule has 1 heterocycles. The van der Waals surface area contributed by atoms with Gasteiger partial charge in [0.2, 0.25) is 5.91 Å². The number of rotatable bonds is 6. The first-order valence-corrected chi connectivity index (χ1v) is 11.4. The largest absolute Gasteiger partial charge is 0.480 e. The van der Waals surface area contributed by atoms with Gasteiger partial charge in [0.25, 0.3) is 5.91 Å². The number of aryl methyl sites for hydroxylation is 1. The van der Waals surface area contributed by atoms with Crippen LogP contribution in [-0.4, -0.2) is 41.0 Å². The van der Waals surface area contributed by atoms with Gasteiger partial charge in [-0.2, -0.15) is 0 Å². The van der Waals surface area contributed by atoms with Gasteiger partial charge in [0.1, 0.15) is 12.1 Å². The molecule has 0 fully saturated rings. The molecule has 3 aromatic carbocycles. The Balaban J connectivity index is 1.68. The van der Waals surface area contributed by atoms with E-state index in [4.69, 9.17) is 5.11 Å². The van der Waals surface area contributed by atoms with Crippen LogP contribution in [0.2, 0.25) is 0 Å². The average Bonchev–Trinajstić information content (AvgIpc) is 2.86. The zero-order valence-corrected chi connectivity index (χ0v) is 19.8. The second-order valence-corrected chi connectivity index (χ2v) is 8.63. The molecule has 0 bridgehead atoms. The molecule has 184 valence electrons. The van der Waals surface area contributed by atoms with Gasteiger partial charge < -0.3 is 21.1 Å². The van der Waals surface area contributed by atoms with Crippen molar-refractivity contribution in [3.05, 3.63) is 89.5 Å². The maximum atomic E-state index is 13.5. The van der Waals surface area contributed by atoms with Crippen molar-refractivity contribution in [1.82, 2.24) is 5.32 Å². The predicted octanol–water partition coefficient (Wildman–Crippen LogP) is 3.80. The maximum absolute atomic E-state index is 13.5. The first-order chi connectivity index (χ1) is 17.2. The number of urea groups is 1. The number of hydrogen-bond donors (Lipinski definition) is 4. The molecule has 2 unspecified atom stereocenters. The zero-order chi connectivity index (χ0) is 25.8. The van der Waals surface area contributed by atoms with Gasteiger partial charge in [-0.15, -0.1) is 0 Å². The van der Waals surface area contributed by atoms with Gasteiger partial charge in [-0.3, -0.25) is 19.3 Å². The molecular weight excluding hydrogens is 460 g/mol. The second-order valence-electron chi connectivity index (χ2n) is 8.63. The second kappa shape index (κ2) is 10.3. The third-order valence-electron chi connectivity index (χ3n) is 5.90. The molecule has 4 amide bonds. The van der Waals surface area contributed by atoms with E-state index in [0.29, 0.717) is 11.4 Å². The number of hydrogen-bond acceptors (Lipinski definition) is 4. The molecule has 9 heteroatoms. The molecule has 0 saturated heterocycles. The lowest BCUT2D eigenvalue weighted by Gasteiger charge is -2.36. The number of nitrogens with one attached hydrogen (secondary N) is 3. The molecule has 1 aliphatic rings. The van der Waals surface area contributed by atoms with Gasteiger partial charge in [-0.1, -0.05) is 48.0 Å². The molecule has 0 saturated carbocycles. The highest BCUT2D eigenvalue weighted by molar-refractivity contribution is 6.15. The van der Waals surface area contributed by atoms with Crippen LogP contribution in [0.15, 0.2) is 72.8 Å². The van der Waals surface area contributed by atoms with E-state index >= 15 is 0 Å². The summed E-state index contributed by atoms with van der Waals surface area (Å²) in [6, 6.07) is 18.8. The lowest BCUT2D eigenvalue weighted by molar-refractivity contribution is -0.138. The quantitative estimate of drug-likeness (QED) is 0.421. The Morgan fingerprint density at radius 3 is 2.39 bits per heavy atom. The van der Waals surface area contributed by atoms with Crippen molar-refractivity contribution in [3.63, 3.8) is 0 Å². The van der Waals surface area contributed by atoms with Gasteiger partial charge in [-0.05, 0) is 49.7 Å². The van der Waals surface area contributed by atoms with Gasteiger partial charge in [0.05, 0.1) is 11.4 Å². The molecule has 2 atom stereocenters. The summed E-state index contributed by atoms with van der Waals surface area (Å²) in [6.45, 7) is 3.30. The highest BCUT2D eigenvalue weighted by Gasteiger charge is 2.37. The molecule has 36 heavy (non-hydrogen) atoms. The van der Waals surface area contributed by atoms with E-state index in [1.807, 2.05) is 49.4 Å². The molecule has 0 aromatic heterocycles. The smallest absolute Gasteiger partial charge is 0.327 e. The third-order valence-corrected chi connectivity index (χ3v) is 5.90. The van der Waals surface area contributed by atoms with E-state index in [1.54, 1.807) is 18.2 Å².